The smallest absolute Gasteiger partial charge is 0.260 e. The maximum absolute atomic E-state index is 11.2. The van der Waals surface area contributed by atoms with E-state index in [-0.39, 0.29) is 11.9 Å². The van der Waals surface area contributed by atoms with Gasteiger partial charge in [0.25, 0.3) is 5.91 Å². The molecule has 0 aromatic rings. The molecule has 1 amide bonds. The fourth-order valence-corrected chi connectivity index (χ4v) is 2.56. The van der Waals surface area contributed by atoms with Crippen LogP contribution in [0.25, 0.3) is 0 Å². The van der Waals surface area contributed by atoms with Gasteiger partial charge in [0.05, 0.1) is 6.04 Å². The number of rotatable bonds is 2. The van der Waals surface area contributed by atoms with Gasteiger partial charge < -0.3 is 5.32 Å². The van der Waals surface area contributed by atoms with Crippen LogP contribution in [0.4, 0.5) is 0 Å². The number of hydroxylamine groups is 1. The zero-order chi connectivity index (χ0) is 10.7. The van der Waals surface area contributed by atoms with E-state index in [1.54, 1.807) is 5.48 Å². The second-order valence-electron chi connectivity index (χ2n) is 4.42. The largest absolute Gasteiger partial charge is 0.304 e. The Morgan fingerprint density at radius 1 is 1.33 bits per heavy atom. The molecule has 2 saturated heterocycles. The molecule has 0 aromatic carbocycles. The van der Waals surface area contributed by atoms with Gasteiger partial charge in [0.15, 0.2) is 0 Å². The first-order valence-electron chi connectivity index (χ1n) is 5.72. The number of hydrogen-bond acceptors (Lipinski definition) is 4. The van der Waals surface area contributed by atoms with Crippen molar-refractivity contribution in [2.24, 2.45) is 0 Å². The Balaban J connectivity index is 1.83. The van der Waals surface area contributed by atoms with E-state index in [9.17, 15) is 4.79 Å². The molecule has 2 atom stereocenters. The minimum absolute atomic E-state index is 0.220. The van der Waals surface area contributed by atoms with Gasteiger partial charge in [-0.05, 0) is 32.4 Å². The van der Waals surface area contributed by atoms with Crippen molar-refractivity contribution in [2.45, 2.75) is 37.8 Å². The molecule has 2 rings (SSSR count). The number of piperidine rings is 1. The summed E-state index contributed by atoms with van der Waals surface area (Å²) in [5.41, 5.74) is 1.71. The molecule has 0 bridgehead atoms. The average molecular weight is 213 g/mol. The highest BCUT2D eigenvalue weighted by Crippen LogP contribution is 2.18. The summed E-state index contributed by atoms with van der Waals surface area (Å²) in [5.74, 6) is -0.311. The van der Waals surface area contributed by atoms with Crippen molar-refractivity contribution in [3.05, 3.63) is 0 Å². The van der Waals surface area contributed by atoms with Gasteiger partial charge in [0, 0.05) is 12.6 Å². The summed E-state index contributed by atoms with van der Waals surface area (Å²) in [5, 5.41) is 11.7. The van der Waals surface area contributed by atoms with E-state index in [0.29, 0.717) is 6.04 Å². The van der Waals surface area contributed by atoms with Crippen molar-refractivity contribution in [3.63, 3.8) is 0 Å². The van der Waals surface area contributed by atoms with Crippen LogP contribution in [0.1, 0.15) is 25.7 Å². The van der Waals surface area contributed by atoms with E-state index < -0.39 is 0 Å². The highest BCUT2D eigenvalue weighted by atomic mass is 16.5. The summed E-state index contributed by atoms with van der Waals surface area (Å²) in [6.07, 6.45) is 4.68. The fourth-order valence-electron chi connectivity index (χ4n) is 2.56. The Morgan fingerprint density at radius 2 is 2.07 bits per heavy atom. The first-order valence-corrected chi connectivity index (χ1v) is 5.72. The zero-order valence-electron chi connectivity index (χ0n) is 8.91. The van der Waals surface area contributed by atoms with Crippen LogP contribution in [0.15, 0.2) is 0 Å². The van der Waals surface area contributed by atoms with Crippen LogP contribution >= 0.6 is 0 Å². The molecule has 2 aliphatic rings. The normalized spacial score (nSPS) is 32.9. The van der Waals surface area contributed by atoms with Gasteiger partial charge in [-0.3, -0.25) is 14.9 Å². The van der Waals surface area contributed by atoms with Crippen LogP contribution in [-0.2, 0) is 4.79 Å². The molecule has 86 valence electrons. The number of nitrogens with zero attached hydrogens (tertiary/aromatic N) is 1. The molecule has 0 aromatic heterocycles. The minimum Gasteiger partial charge on any atom is -0.304 e. The number of likely N-dealkylation sites (tertiary alicyclic amines) is 1. The molecule has 0 radical (unpaired) electrons. The lowest BCUT2D eigenvalue weighted by atomic mass is 10.1. The molecule has 2 fully saturated rings. The Hall–Kier alpha value is -0.650. The molecule has 2 heterocycles. The number of carbonyl (C=O) groups is 1. The summed E-state index contributed by atoms with van der Waals surface area (Å²) in [6.45, 7) is 3.16. The molecule has 0 aliphatic carbocycles. The van der Waals surface area contributed by atoms with Crippen LogP contribution in [0.3, 0.4) is 0 Å². The zero-order valence-corrected chi connectivity index (χ0v) is 8.91. The second kappa shape index (κ2) is 4.92. The summed E-state index contributed by atoms with van der Waals surface area (Å²) in [4.78, 5) is 13.7. The number of carbonyl (C=O) groups excluding carboxylic acids is 1. The Kier molecular flexibility index (Phi) is 3.56. The predicted octanol–water partition coefficient (Wildman–Crippen LogP) is -0.292. The Morgan fingerprint density at radius 3 is 2.73 bits per heavy atom. The van der Waals surface area contributed by atoms with Crippen LogP contribution < -0.4 is 10.8 Å². The average Bonchev–Trinajstić information content (AvgIpc) is 2.78. The van der Waals surface area contributed by atoms with E-state index in [1.807, 2.05) is 0 Å². The van der Waals surface area contributed by atoms with Crippen molar-refractivity contribution in [3.8, 4) is 0 Å². The molecular weight excluding hydrogens is 194 g/mol. The number of hydrogen-bond donors (Lipinski definition) is 3. The van der Waals surface area contributed by atoms with E-state index in [2.05, 4.69) is 10.2 Å². The van der Waals surface area contributed by atoms with Crippen LogP contribution in [0, 0.1) is 0 Å². The SMILES string of the molecule is O=C(NO)[C@H]1C[C@H](N2CCCCC2)CN1. The van der Waals surface area contributed by atoms with Crippen LogP contribution in [0.2, 0.25) is 0 Å². The molecule has 0 saturated carbocycles. The minimum atomic E-state index is -0.311. The highest BCUT2D eigenvalue weighted by Gasteiger charge is 2.32. The van der Waals surface area contributed by atoms with Gasteiger partial charge >= 0.3 is 0 Å². The first-order chi connectivity index (χ1) is 7.31. The van der Waals surface area contributed by atoms with Crippen molar-refractivity contribution in [1.29, 1.82) is 0 Å². The molecule has 2 aliphatic heterocycles. The van der Waals surface area contributed by atoms with E-state index in [0.717, 1.165) is 26.1 Å². The van der Waals surface area contributed by atoms with Gasteiger partial charge in [0.2, 0.25) is 0 Å². The molecule has 3 N–H and O–H groups in total. The van der Waals surface area contributed by atoms with Crippen LogP contribution in [0.5, 0.6) is 0 Å². The third-order valence-corrected chi connectivity index (χ3v) is 3.44. The quantitative estimate of drug-likeness (QED) is 0.435. The van der Waals surface area contributed by atoms with Gasteiger partial charge in [-0.25, -0.2) is 5.48 Å². The number of nitrogens with one attached hydrogen (secondary N) is 2. The molecule has 0 unspecified atom stereocenters. The monoisotopic (exact) mass is 213 g/mol. The molecule has 5 heteroatoms. The molecular formula is C10H19N3O2. The van der Waals surface area contributed by atoms with Crippen molar-refractivity contribution in [2.75, 3.05) is 19.6 Å². The topological polar surface area (TPSA) is 64.6 Å². The van der Waals surface area contributed by atoms with Crippen molar-refractivity contribution < 1.29 is 10.0 Å². The fraction of sp³-hybridized carbons (Fsp3) is 0.900. The Bertz CT molecular complexity index is 229. The van der Waals surface area contributed by atoms with Gasteiger partial charge in [-0.1, -0.05) is 6.42 Å². The van der Waals surface area contributed by atoms with E-state index in [1.165, 1.54) is 19.3 Å². The Labute approximate surface area is 89.8 Å². The summed E-state index contributed by atoms with van der Waals surface area (Å²) >= 11 is 0. The lowest BCUT2D eigenvalue weighted by Crippen LogP contribution is -2.40. The standard InChI is InChI=1S/C10H19N3O2/c14-10(12-15)9-6-8(7-11-9)13-4-2-1-3-5-13/h8-9,11,15H,1-7H2,(H,12,14)/t8-,9+/m0/s1. The van der Waals surface area contributed by atoms with Crippen molar-refractivity contribution >= 4 is 5.91 Å². The highest BCUT2D eigenvalue weighted by molar-refractivity contribution is 5.81. The third-order valence-electron chi connectivity index (χ3n) is 3.44. The molecule has 0 spiro atoms. The lowest BCUT2D eigenvalue weighted by Gasteiger charge is -2.31. The predicted molar refractivity (Wildman–Crippen MR) is 55.5 cm³/mol. The van der Waals surface area contributed by atoms with Gasteiger partial charge in [-0.2, -0.15) is 0 Å². The summed E-state index contributed by atoms with van der Waals surface area (Å²) in [6, 6.07) is 0.245. The van der Waals surface area contributed by atoms with Gasteiger partial charge in [0.1, 0.15) is 0 Å². The first kappa shape index (κ1) is 10.9. The maximum Gasteiger partial charge on any atom is 0.260 e. The summed E-state index contributed by atoms with van der Waals surface area (Å²) < 4.78 is 0. The second-order valence-corrected chi connectivity index (χ2v) is 4.42. The van der Waals surface area contributed by atoms with E-state index in [4.69, 9.17) is 5.21 Å². The van der Waals surface area contributed by atoms with Crippen LogP contribution in [-0.4, -0.2) is 47.7 Å². The summed E-state index contributed by atoms with van der Waals surface area (Å²) in [7, 11) is 0. The van der Waals surface area contributed by atoms with Crippen molar-refractivity contribution in [1.82, 2.24) is 15.7 Å². The molecule has 5 nitrogen and oxygen atoms in total. The third kappa shape index (κ3) is 2.48. The van der Waals surface area contributed by atoms with Gasteiger partial charge in [-0.15, -0.1) is 0 Å². The number of amides is 1. The molecule has 15 heavy (non-hydrogen) atoms. The van der Waals surface area contributed by atoms with E-state index >= 15 is 0 Å². The lowest BCUT2D eigenvalue weighted by molar-refractivity contribution is -0.131. The maximum atomic E-state index is 11.2.